The van der Waals surface area contributed by atoms with Gasteiger partial charge in [-0.05, 0) is 57.4 Å². The van der Waals surface area contributed by atoms with Crippen molar-refractivity contribution in [2.75, 3.05) is 31.4 Å². The normalized spacial score (nSPS) is 26.1. The second-order valence-corrected chi connectivity index (χ2v) is 9.06. The van der Waals surface area contributed by atoms with E-state index in [0.717, 1.165) is 41.8 Å². The van der Waals surface area contributed by atoms with Crippen LogP contribution in [-0.4, -0.2) is 43.5 Å². The minimum Gasteiger partial charge on any atom is -0.497 e. The molecule has 2 aromatic carbocycles. The van der Waals surface area contributed by atoms with Crippen molar-refractivity contribution in [1.82, 2.24) is 4.90 Å². The fourth-order valence-corrected chi connectivity index (χ4v) is 6.01. The zero-order valence-corrected chi connectivity index (χ0v) is 19.0. The van der Waals surface area contributed by atoms with Crippen LogP contribution >= 0.6 is 0 Å². The number of carbonyl (C=O) groups is 2. The SMILES string of the molecule is COc1ccc(OC)c(NC(=O)[C@@H]2C[C@H]3CCCN3[C@]23C(=O)Nc2c(C)cc(C)cc23)c1. The summed E-state index contributed by atoms with van der Waals surface area (Å²) in [6.07, 6.45) is 2.69. The Morgan fingerprint density at radius 2 is 2.00 bits per heavy atom. The highest BCUT2D eigenvalue weighted by Gasteiger charge is 2.65. The fraction of sp³-hybridized carbons (Fsp3) is 0.440. The van der Waals surface area contributed by atoms with Crippen LogP contribution in [0.25, 0.3) is 0 Å². The summed E-state index contributed by atoms with van der Waals surface area (Å²) in [7, 11) is 3.15. The van der Waals surface area contributed by atoms with Crippen LogP contribution in [0.2, 0.25) is 0 Å². The average Bonchev–Trinajstić information content (AvgIpc) is 3.43. The summed E-state index contributed by atoms with van der Waals surface area (Å²) >= 11 is 0. The van der Waals surface area contributed by atoms with Crippen LogP contribution in [0, 0.1) is 19.8 Å². The first-order chi connectivity index (χ1) is 15.4. The molecule has 2 amide bonds. The quantitative estimate of drug-likeness (QED) is 0.767. The predicted molar refractivity (Wildman–Crippen MR) is 122 cm³/mol. The highest BCUT2D eigenvalue weighted by molar-refractivity contribution is 6.11. The lowest BCUT2D eigenvalue weighted by molar-refractivity contribution is -0.135. The number of hydrogen-bond acceptors (Lipinski definition) is 5. The molecule has 3 heterocycles. The van der Waals surface area contributed by atoms with Crippen molar-refractivity contribution in [3.63, 3.8) is 0 Å². The molecule has 3 aliphatic rings. The third-order valence-electron chi connectivity index (χ3n) is 7.30. The molecule has 0 saturated carbocycles. The van der Waals surface area contributed by atoms with Gasteiger partial charge in [-0.15, -0.1) is 0 Å². The van der Waals surface area contributed by atoms with Gasteiger partial charge in [-0.25, -0.2) is 0 Å². The Hall–Kier alpha value is -3.06. The van der Waals surface area contributed by atoms with Crippen LogP contribution in [0.1, 0.15) is 36.0 Å². The second-order valence-electron chi connectivity index (χ2n) is 9.06. The fourth-order valence-electron chi connectivity index (χ4n) is 6.01. The van der Waals surface area contributed by atoms with Crippen molar-refractivity contribution in [1.29, 1.82) is 0 Å². The van der Waals surface area contributed by atoms with E-state index in [0.29, 0.717) is 23.6 Å². The van der Waals surface area contributed by atoms with Gasteiger partial charge < -0.3 is 20.1 Å². The molecule has 2 aromatic rings. The number of ether oxygens (including phenoxy) is 2. The first-order valence-corrected chi connectivity index (χ1v) is 11.1. The molecule has 7 nitrogen and oxygen atoms in total. The highest BCUT2D eigenvalue weighted by atomic mass is 16.5. The van der Waals surface area contributed by atoms with Crippen molar-refractivity contribution in [2.24, 2.45) is 5.92 Å². The van der Waals surface area contributed by atoms with E-state index < -0.39 is 11.5 Å². The number of hydrogen-bond donors (Lipinski definition) is 2. The average molecular weight is 436 g/mol. The van der Waals surface area contributed by atoms with Crippen molar-refractivity contribution in [3.8, 4) is 11.5 Å². The van der Waals surface area contributed by atoms with Gasteiger partial charge in [0.05, 0.1) is 25.8 Å². The van der Waals surface area contributed by atoms with Gasteiger partial charge in [-0.1, -0.05) is 17.7 Å². The number of fused-ring (bicyclic) bond motifs is 4. The van der Waals surface area contributed by atoms with Crippen molar-refractivity contribution < 1.29 is 19.1 Å². The van der Waals surface area contributed by atoms with Crippen LogP contribution in [0.4, 0.5) is 11.4 Å². The molecule has 168 valence electrons. The molecular weight excluding hydrogens is 406 g/mol. The van der Waals surface area contributed by atoms with Gasteiger partial charge in [-0.3, -0.25) is 14.5 Å². The highest BCUT2D eigenvalue weighted by Crippen LogP contribution is 2.56. The van der Waals surface area contributed by atoms with Crippen molar-refractivity contribution in [3.05, 3.63) is 47.0 Å². The standard InChI is InChI=1S/C25H29N3O4/c1-14-10-15(2)22-18(11-14)25(24(30)27-22)19(12-16-6-5-9-28(16)25)23(29)26-20-13-17(31-3)7-8-21(20)32-4/h7-8,10-11,13,16,19H,5-6,9,12H2,1-4H3,(H,26,29)(H,27,30)/t16-,19+,25+/m1/s1. The molecule has 5 rings (SSSR count). The number of amides is 2. The second kappa shape index (κ2) is 7.52. The maximum atomic E-state index is 13.8. The van der Waals surface area contributed by atoms with Gasteiger partial charge >= 0.3 is 0 Å². The van der Waals surface area contributed by atoms with E-state index >= 15 is 0 Å². The van der Waals surface area contributed by atoms with E-state index in [2.05, 4.69) is 27.7 Å². The summed E-state index contributed by atoms with van der Waals surface area (Å²) < 4.78 is 10.8. The summed E-state index contributed by atoms with van der Waals surface area (Å²) in [5.74, 6) is 0.398. The first kappa shape index (κ1) is 20.8. The summed E-state index contributed by atoms with van der Waals surface area (Å²) in [6, 6.07) is 9.67. The van der Waals surface area contributed by atoms with Gasteiger partial charge in [-0.2, -0.15) is 0 Å². The number of aryl methyl sites for hydroxylation is 2. The van der Waals surface area contributed by atoms with Gasteiger partial charge in [0.2, 0.25) is 11.8 Å². The minimum absolute atomic E-state index is 0.0941. The monoisotopic (exact) mass is 435 g/mol. The maximum Gasteiger partial charge on any atom is 0.250 e. The largest absolute Gasteiger partial charge is 0.497 e. The van der Waals surface area contributed by atoms with Crippen LogP contribution in [0.5, 0.6) is 11.5 Å². The zero-order chi connectivity index (χ0) is 22.6. The predicted octanol–water partition coefficient (Wildman–Crippen LogP) is 3.59. The molecular formula is C25H29N3O4. The number of rotatable bonds is 4. The smallest absolute Gasteiger partial charge is 0.250 e. The lowest BCUT2D eigenvalue weighted by Gasteiger charge is -2.36. The molecule has 2 N–H and O–H groups in total. The first-order valence-electron chi connectivity index (χ1n) is 11.1. The Morgan fingerprint density at radius 3 is 2.75 bits per heavy atom. The van der Waals surface area contributed by atoms with E-state index in [-0.39, 0.29) is 17.9 Å². The maximum absolute atomic E-state index is 13.8. The lowest BCUT2D eigenvalue weighted by Crippen LogP contribution is -2.53. The van der Waals surface area contributed by atoms with Gasteiger partial charge in [0, 0.05) is 23.4 Å². The molecule has 7 heteroatoms. The van der Waals surface area contributed by atoms with Crippen LogP contribution in [0.15, 0.2) is 30.3 Å². The third kappa shape index (κ3) is 2.84. The van der Waals surface area contributed by atoms with E-state index in [9.17, 15) is 9.59 Å². The van der Waals surface area contributed by atoms with Crippen LogP contribution in [0.3, 0.4) is 0 Å². The van der Waals surface area contributed by atoms with Crippen LogP contribution < -0.4 is 20.1 Å². The Morgan fingerprint density at radius 1 is 1.19 bits per heavy atom. The van der Waals surface area contributed by atoms with Gasteiger partial charge in [0.25, 0.3) is 0 Å². The molecule has 3 aliphatic heterocycles. The lowest BCUT2D eigenvalue weighted by atomic mass is 9.77. The van der Waals surface area contributed by atoms with Crippen molar-refractivity contribution >= 4 is 23.2 Å². The Balaban J connectivity index is 1.60. The number of nitrogens with zero attached hydrogens (tertiary/aromatic N) is 1. The Bertz CT molecular complexity index is 1110. The summed E-state index contributed by atoms with van der Waals surface area (Å²) in [6.45, 7) is 4.87. The van der Waals surface area contributed by atoms with Crippen molar-refractivity contribution in [2.45, 2.75) is 44.7 Å². The Labute approximate surface area is 188 Å². The Kier molecular flexibility index (Phi) is 4.89. The molecule has 0 aromatic heterocycles. The zero-order valence-electron chi connectivity index (χ0n) is 19.0. The van der Waals surface area contributed by atoms with E-state index in [1.165, 1.54) is 0 Å². The van der Waals surface area contributed by atoms with E-state index in [1.54, 1.807) is 32.4 Å². The molecule has 32 heavy (non-hydrogen) atoms. The number of carbonyl (C=O) groups excluding carboxylic acids is 2. The van der Waals surface area contributed by atoms with E-state index in [1.807, 2.05) is 13.8 Å². The number of benzene rings is 2. The van der Waals surface area contributed by atoms with Gasteiger partial charge in [0.15, 0.2) is 0 Å². The van der Waals surface area contributed by atoms with Crippen LogP contribution in [-0.2, 0) is 15.1 Å². The third-order valence-corrected chi connectivity index (χ3v) is 7.30. The number of methoxy groups -OCH3 is 2. The molecule has 0 aliphatic carbocycles. The molecule has 3 atom stereocenters. The molecule has 2 fully saturated rings. The molecule has 0 radical (unpaired) electrons. The van der Waals surface area contributed by atoms with Gasteiger partial charge in [0.1, 0.15) is 17.0 Å². The minimum atomic E-state index is -0.983. The topological polar surface area (TPSA) is 79.9 Å². The molecule has 0 unspecified atom stereocenters. The molecule has 1 spiro atoms. The molecule has 2 saturated heterocycles. The number of nitrogens with one attached hydrogen (secondary N) is 2. The summed E-state index contributed by atoms with van der Waals surface area (Å²) in [5.41, 5.74) is 3.46. The summed E-state index contributed by atoms with van der Waals surface area (Å²) in [4.78, 5) is 29.7. The van der Waals surface area contributed by atoms with E-state index in [4.69, 9.17) is 9.47 Å². The molecule has 0 bridgehead atoms. The number of anilines is 2. The summed E-state index contributed by atoms with van der Waals surface area (Å²) in [5, 5.41) is 6.17.